The number of hydrogen-bond donors (Lipinski definition) is 1. The number of nitrogens with zero attached hydrogens (tertiary/aromatic N) is 1. The SMILES string of the molecule is CCOC(=O)N1CCC(C)(C)C(N)C1. The second kappa shape index (κ2) is 4.17. The third kappa shape index (κ3) is 2.38. The minimum Gasteiger partial charge on any atom is -0.450 e. The van der Waals surface area contributed by atoms with Crippen LogP contribution in [-0.4, -0.2) is 36.7 Å². The third-order valence-corrected chi connectivity index (χ3v) is 2.97. The van der Waals surface area contributed by atoms with Gasteiger partial charge in [-0.05, 0) is 18.8 Å². The zero-order valence-corrected chi connectivity index (χ0v) is 9.25. The summed E-state index contributed by atoms with van der Waals surface area (Å²) in [6.07, 6.45) is 0.700. The number of amides is 1. The van der Waals surface area contributed by atoms with Crippen LogP contribution in [0.3, 0.4) is 0 Å². The minimum absolute atomic E-state index is 0.0423. The molecule has 0 radical (unpaired) electrons. The largest absolute Gasteiger partial charge is 0.450 e. The zero-order valence-electron chi connectivity index (χ0n) is 9.25. The highest BCUT2D eigenvalue weighted by Gasteiger charge is 2.35. The fourth-order valence-corrected chi connectivity index (χ4v) is 1.56. The van der Waals surface area contributed by atoms with Gasteiger partial charge < -0.3 is 15.4 Å². The lowest BCUT2D eigenvalue weighted by atomic mass is 9.79. The molecule has 1 unspecified atom stereocenters. The topological polar surface area (TPSA) is 55.6 Å². The van der Waals surface area contributed by atoms with Crippen LogP contribution in [-0.2, 0) is 4.74 Å². The van der Waals surface area contributed by atoms with E-state index in [4.69, 9.17) is 10.5 Å². The van der Waals surface area contributed by atoms with Gasteiger partial charge in [-0.2, -0.15) is 0 Å². The molecule has 14 heavy (non-hydrogen) atoms. The summed E-state index contributed by atoms with van der Waals surface area (Å²) in [6, 6.07) is 0.0423. The fourth-order valence-electron chi connectivity index (χ4n) is 1.56. The lowest BCUT2D eigenvalue weighted by Crippen LogP contribution is -2.54. The lowest BCUT2D eigenvalue weighted by molar-refractivity contribution is 0.0680. The molecule has 4 heteroatoms. The van der Waals surface area contributed by atoms with Crippen molar-refractivity contribution in [3.8, 4) is 0 Å². The van der Waals surface area contributed by atoms with Gasteiger partial charge in [-0.3, -0.25) is 0 Å². The maximum Gasteiger partial charge on any atom is 0.409 e. The van der Waals surface area contributed by atoms with Gasteiger partial charge in [0.15, 0.2) is 0 Å². The van der Waals surface area contributed by atoms with Crippen LogP contribution in [0.15, 0.2) is 0 Å². The van der Waals surface area contributed by atoms with E-state index in [-0.39, 0.29) is 17.6 Å². The van der Waals surface area contributed by atoms with Gasteiger partial charge >= 0.3 is 6.09 Å². The molecule has 82 valence electrons. The smallest absolute Gasteiger partial charge is 0.409 e. The average molecular weight is 200 g/mol. The Hall–Kier alpha value is -0.770. The molecule has 1 aliphatic rings. The molecule has 0 aromatic rings. The van der Waals surface area contributed by atoms with E-state index in [1.54, 1.807) is 4.90 Å². The first-order valence-corrected chi connectivity index (χ1v) is 5.14. The van der Waals surface area contributed by atoms with Gasteiger partial charge in [-0.15, -0.1) is 0 Å². The summed E-state index contributed by atoms with van der Waals surface area (Å²) in [4.78, 5) is 13.1. The molecule has 0 saturated carbocycles. The second-order valence-corrected chi connectivity index (χ2v) is 4.49. The Morgan fingerprint density at radius 3 is 2.79 bits per heavy atom. The van der Waals surface area contributed by atoms with Gasteiger partial charge in [0.2, 0.25) is 0 Å². The Labute approximate surface area is 85.4 Å². The van der Waals surface area contributed by atoms with E-state index < -0.39 is 0 Å². The summed E-state index contributed by atoms with van der Waals surface area (Å²) in [7, 11) is 0. The molecule has 1 fully saturated rings. The van der Waals surface area contributed by atoms with E-state index in [1.807, 2.05) is 6.92 Å². The van der Waals surface area contributed by atoms with E-state index >= 15 is 0 Å². The van der Waals surface area contributed by atoms with Crippen LogP contribution in [0, 0.1) is 5.41 Å². The van der Waals surface area contributed by atoms with E-state index in [2.05, 4.69) is 13.8 Å². The van der Waals surface area contributed by atoms with Gasteiger partial charge in [0.25, 0.3) is 0 Å². The van der Waals surface area contributed by atoms with Crippen molar-refractivity contribution < 1.29 is 9.53 Å². The predicted molar refractivity (Wildman–Crippen MR) is 55.0 cm³/mol. The van der Waals surface area contributed by atoms with Crippen molar-refractivity contribution >= 4 is 6.09 Å². The van der Waals surface area contributed by atoms with Crippen LogP contribution in [0.4, 0.5) is 4.79 Å². The van der Waals surface area contributed by atoms with Crippen molar-refractivity contribution in [2.45, 2.75) is 33.2 Å². The molecule has 0 spiro atoms. The monoisotopic (exact) mass is 200 g/mol. The van der Waals surface area contributed by atoms with Gasteiger partial charge in [0, 0.05) is 19.1 Å². The number of ether oxygens (including phenoxy) is 1. The number of piperidine rings is 1. The van der Waals surface area contributed by atoms with Gasteiger partial charge in [-0.1, -0.05) is 13.8 Å². The van der Waals surface area contributed by atoms with Crippen molar-refractivity contribution in [3.05, 3.63) is 0 Å². The Bertz CT molecular complexity index is 216. The van der Waals surface area contributed by atoms with Crippen LogP contribution in [0.5, 0.6) is 0 Å². The Kier molecular flexibility index (Phi) is 3.37. The standard InChI is InChI=1S/C10H20N2O2/c1-4-14-9(13)12-6-5-10(2,3)8(11)7-12/h8H,4-7,11H2,1-3H3. The molecule has 0 bridgehead atoms. The first-order valence-electron chi connectivity index (χ1n) is 5.14. The summed E-state index contributed by atoms with van der Waals surface area (Å²) in [5.41, 5.74) is 6.12. The molecule has 4 nitrogen and oxygen atoms in total. The van der Waals surface area contributed by atoms with Crippen LogP contribution in [0.2, 0.25) is 0 Å². The highest BCUT2D eigenvalue weighted by Crippen LogP contribution is 2.29. The van der Waals surface area contributed by atoms with E-state index in [1.165, 1.54) is 0 Å². The van der Waals surface area contributed by atoms with Crippen molar-refractivity contribution in [3.63, 3.8) is 0 Å². The molecule has 1 amide bonds. The molecule has 0 aromatic heterocycles. The molecule has 1 saturated heterocycles. The summed E-state index contributed by atoms with van der Waals surface area (Å²) < 4.78 is 4.93. The lowest BCUT2D eigenvalue weighted by Gasteiger charge is -2.41. The highest BCUT2D eigenvalue weighted by atomic mass is 16.6. The quantitative estimate of drug-likeness (QED) is 0.692. The minimum atomic E-state index is -0.238. The maximum absolute atomic E-state index is 11.4. The Balaban J connectivity index is 2.50. The molecular weight excluding hydrogens is 180 g/mol. The third-order valence-electron chi connectivity index (χ3n) is 2.97. The van der Waals surface area contributed by atoms with Crippen LogP contribution in [0.25, 0.3) is 0 Å². The molecule has 0 aliphatic carbocycles. The average Bonchev–Trinajstić information content (AvgIpc) is 2.10. The molecular formula is C10H20N2O2. The van der Waals surface area contributed by atoms with E-state index in [0.29, 0.717) is 13.2 Å². The molecule has 1 rings (SSSR count). The van der Waals surface area contributed by atoms with Crippen molar-refractivity contribution in [1.29, 1.82) is 0 Å². The number of hydrogen-bond acceptors (Lipinski definition) is 3. The number of carbonyl (C=O) groups excluding carboxylic acids is 1. The fraction of sp³-hybridized carbons (Fsp3) is 0.900. The predicted octanol–water partition coefficient (Wildman–Crippen LogP) is 1.20. The molecule has 1 aliphatic heterocycles. The molecule has 1 heterocycles. The van der Waals surface area contributed by atoms with E-state index in [9.17, 15) is 4.79 Å². The van der Waals surface area contributed by atoms with Crippen molar-refractivity contribution in [2.24, 2.45) is 11.1 Å². The van der Waals surface area contributed by atoms with Gasteiger partial charge in [-0.25, -0.2) is 4.79 Å². The first kappa shape index (κ1) is 11.3. The first-order chi connectivity index (χ1) is 6.47. The molecule has 0 aromatic carbocycles. The number of rotatable bonds is 1. The summed E-state index contributed by atoms with van der Waals surface area (Å²) in [5, 5.41) is 0. The number of likely N-dealkylation sites (tertiary alicyclic amines) is 1. The van der Waals surface area contributed by atoms with Gasteiger partial charge in [0.05, 0.1) is 6.61 Å². The van der Waals surface area contributed by atoms with Gasteiger partial charge in [0.1, 0.15) is 0 Å². The second-order valence-electron chi connectivity index (χ2n) is 4.49. The number of carbonyl (C=O) groups is 1. The zero-order chi connectivity index (χ0) is 10.8. The van der Waals surface area contributed by atoms with Crippen molar-refractivity contribution in [1.82, 2.24) is 4.90 Å². The van der Waals surface area contributed by atoms with E-state index in [0.717, 1.165) is 13.0 Å². The van der Waals surface area contributed by atoms with Crippen LogP contribution >= 0.6 is 0 Å². The summed E-state index contributed by atoms with van der Waals surface area (Å²) in [6.45, 7) is 7.87. The summed E-state index contributed by atoms with van der Waals surface area (Å²) in [5.74, 6) is 0. The number of nitrogens with two attached hydrogens (primary N) is 1. The van der Waals surface area contributed by atoms with Crippen LogP contribution < -0.4 is 5.73 Å². The normalized spacial score (nSPS) is 26.0. The Morgan fingerprint density at radius 2 is 2.29 bits per heavy atom. The highest BCUT2D eigenvalue weighted by molar-refractivity contribution is 5.67. The Morgan fingerprint density at radius 1 is 1.64 bits per heavy atom. The molecule has 1 atom stereocenters. The van der Waals surface area contributed by atoms with Crippen LogP contribution in [0.1, 0.15) is 27.2 Å². The van der Waals surface area contributed by atoms with Crippen molar-refractivity contribution in [2.75, 3.05) is 19.7 Å². The maximum atomic E-state index is 11.4. The summed E-state index contributed by atoms with van der Waals surface area (Å²) >= 11 is 0. The molecule has 2 N–H and O–H groups in total.